The lowest BCUT2D eigenvalue weighted by Gasteiger charge is -2.30. The average molecular weight is 1770 g/mol. The number of ether oxygens (including phenoxy) is 11. The van der Waals surface area contributed by atoms with Crippen molar-refractivity contribution in [1.82, 2.24) is 0 Å². The maximum Gasteiger partial charge on any atom is 0.559 e. The molecular weight excluding hydrogens is 1680 g/mol. The fourth-order valence-corrected chi connectivity index (χ4v) is 8.78. The number of rotatable bonds is 29. The number of alkyl halides is 24. The molecule has 5 unspecified atom stereocenters. The molecule has 2 aromatic carbocycles. The predicted molar refractivity (Wildman–Crippen MR) is 350 cm³/mol. The number of carbonyl (C=O) groups is 9. The average Bonchev–Trinajstić information content (AvgIpc) is 0.845. The van der Waals surface area contributed by atoms with Crippen LogP contribution >= 0.6 is 31.9 Å². The number of aliphatic hydroxyl groups excluding tert-OH is 1. The molecule has 0 aliphatic carbocycles. The first-order chi connectivity index (χ1) is 50.3. The molecule has 640 valence electrons. The van der Waals surface area contributed by atoms with Crippen LogP contribution in [0.3, 0.4) is 0 Å². The molecule has 21 nitrogen and oxygen atoms in total. The second-order valence-electron chi connectivity index (χ2n) is 22.5. The Morgan fingerprint density at radius 3 is 0.982 bits per heavy atom. The van der Waals surface area contributed by atoms with Gasteiger partial charge in [0.05, 0.1) is 30.7 Å². The van der Waals surface area contributed by atoms with Crippen molar-refractivity contribution < 1.29 is 197 Å². The zero-order valence-corrected chi connectivity index (χ0v) is 63.8. The van der Waals surface area contributed by atoms with E-state index in [2.05, 4.69) is 41.3 Å². The topological polar surface area (TPSA) is 275 Å². The molecule has 2 aromatic rings. The zero-order chi connectivity index (χ0) is 86.9. The number of hydrogen-bond acceptors (Lipinski definition) is 21. The van der Waals surface area contributed by atoms with E-state index in [1.54, 1.807) is 48.5 Å². The van der Waals surface area contributed by atoms with Gasteiger partial charge in [-0.3, -0.25) is 33.6 Å². The van der Waals surface area contributed by atoms with Crippen LogP contribution in [-0.2, 0) is 85.7 Å². The van der Waals surface area contributed by atoms with Crippen LogP contribution in [0.15, 0.2) is 60.7 Å². The number of hydrogen-bond donors (Lipinski definition) is 1. The van der Waals surface area contributed by atoms with Crippen molar-refractivity contribution >= 4 is 86.0 Å². The molecule has 0 saturated carbocycles. The van der Waals surface area contributed by atoms with Gasteiger partial charge in [-0.2, -0.15) is 0 Å². The van der Waals surface area contributed by atoms with Crippen molar-refractivity contribution in [2.45, 2.75) is 112 Å². The van der Waals surface area contributed by atoms with Gasteiger partial charge in [0.25, 0.3) is 0 Å². The molecule has 0 bridgehead atoms. The lowest BCUT2D eigenvalue weighted by atomic mass is 9.86. The first kappa shape index (κ1) is 117. The van der Waals surface area contributed by atoms with Crippen molar-refractivity contribution in [2.24, 2.45) is 32.5 Å². The second-order valence-corrected chi connectivity index (χ2v) is 24.7. The van der Waals surface area contributed by atoms with Gasteiger partial charge >= 0.3 is 67.0 Å². The molecule has 0 radical (unpaired) electrons. The van der Waals surface area contributed by atoms with Gasteiger partial charge in [0, 0.05) is 16.6 Å². The van der Waals surface area contributed by atoms with E-state index < -0.39 is 201 Å². The summed E-state index contributed by atoms with van der Waals surface area (Å²) in [6.07, 6.45) is -12.2. The highest BCUT2D eigenvalue weighted by atomic mass is 79.9. The Morgan fingerprint density at radius 1 is 0.440 bits per heavy atom. The van der Waals surface area contributed by atoms with Crippen LogP contribution in [0, 0.1) is 32.5 Å². The first-order valence-corrected chi connectivity index (χ1v) is 32.3. The fourth-order valence-electron chi connectivity index (χ4n) is 6.55. The van der Waals surface area contributed by atoms with Crippen molar-refractivity contribution in [3.05, 3.63) is 71.8 Å². The summed E-state index contributed by atoms with van der Waals surface area (Å²) >= 11 is 7.18. The molecule has 109 heavy (non-hydrogen) atoms. The highest BCUT2D eigenvalue weighted by Gasteiger charge is 2.45. The number of benzene rings is 2. The first-order valence-electron chi connectivity index (χ1n) is 30.4. The third-order valence-corrected chi connectivity index (χ3v) is 13.7. The summed E-state index contributed by atoms with van der Waals surface area (Å²) in [5.41, 5.74) is -5.30. The fraction of sp³-hybridized carbons (Fsp3) is 0.672. The van der Waals surface area contributed by atoms with Gasteiger partial charge in [-0.05, 0) is 93.2 Å². The van der Waals surface area contributed by atoms with Crippen LogP contribution in [0.5, 0.6) is 0 Å². The number of halogens is 24. The number of carbonyl (C=O) groups excluding carboxylic acids is 9. The molecule has 3 rings (SSSR count). The van der Waals surface area contributed by atoms with Crippen molar-refractivity contribution in [3.63, 3.8) is 0 Å². The minimum atomic E-state index is -5.50. The van der Waals surface area contributed by atoms with Crippen LogP contribution in [0.25, 0.3) is 0 Å². The lowest BCUT2D eigenvalue weighted by Crippen LogP contribution is -2.44. The summed E-state index contributed by atoms with van der Waals surface area (Å²) in [7, 11) is 0. The maximum absolute atomic E-state index is 13.0. The van der Waals surface area contributed by atoms with Crippen molar-refractivity contribution in [3.8, 4) is 0 Å². The Hall–Kier alpha value is -7.35. The van der Waals surface area contributed by atoms with Gasteiger partial charge in [-0.25, -0.2) is 71.1 Å². The molecule has 1 aliphatic rings. The van der Waals surface area contributed by atoms with E-state index in [0.717, 1.165) is 18.1 Å². The molecule has 5 atom stereocenters. The zero-order valence-electron chi connectivity index (χ0n) is 60.7. The van der Waals surface area contributed by atoms with Gasteiger partial charge in [0.15, 0.2) is 0 Å². The predicted octanol–water partition coefficient (Wildman–Crippen LogP) is 17.5. The standard InChI is InChI=1S/C29H40BrFO11.C19H26BrFO5.C8H12O5.2CF4.6CH2F2/c1-7-37-24(34)28(5,16-39-20(2)32)18-41-26(36)42-19-29(6,25(35)38-14-13-31)17-40-23(33)27(3,4)15-22(30)21-11-9-8-10-12-21;1-18(2,11-15(20)14-7-5-4-6-8-14)16(23)26-13-19(3,12-22)17(24)25-10-9-21;1-3-11-6(9)8(2)4-12-7(10)13-5-8;2*2-1(3,4)5;6*2-1-3/h8-12,22H,7,13-19H2,1-6H3;4-8,15,22H,9-13H2,1-3H3;3-5H2,1-2H3;;;6*1H2. The van der Waals surface area contributed by atoms with Crippen molar-refractivity contribution in [1.29, 1.82) is 0 Å². The highest BCUT2D eigenvalue weighted by Crippen LogP contribution is 2.39. The van der Waals surface area contributed by atoms with Crippen molar-refractivity contribution in [2.75, 3.05) is 134 Å². The monoisotopic (exact) mass is 1770 g/mol. The molecule has 1 saturated heterocycles. The van der Waals surface area contributed by atoms with Gasteiger partial charge < -0.3 is 57.2 Å². The molecule has 1 fully saturated rings. The Bertz CT molecular complexity index is 2660. The van der Waals surface area contributed by atoms with Gasteiger partial charge in [0.1, 0.15) is 94.5 Å². The molecule has 1 N–H and O–H groups in total. The van der Waals surface area contributed by atoms with E-state index in [0.29, 0.717) is 19.4 Å². The Balaban J connectivity index is -0.000000213. The van der Waals surface area contributed by atoms with Crippen LogP contribution in [-0.4, -0.2) is 206 Å². The van der Waals surface area contributed by atoms with Crippen LogP contribution in [0.4, 0.5) is 106 Å². The number of aliphatic hydroxyl groups is 1. The van der Waals surface area contributed by atoms with Crippen LogP contribution < -0.4 is 0 Å². The van der Waals surface area contributed by atoms with E-state index in [1.807, 2.05) is 60.7 Å². The third kappa shape index (κ3) is 66.2. The van der Waals surface area contributed by atoms with Gasteiger partial charge in [-0.1, -0.05) is 92.5 Å². The summed E-state index contributed by atoms with van der Waals surface area (Å²) in [5.74, 6) is -4.70. The molecular formula is C64H90Br2F22O21. The molecule has 0 amide bonds. The van der Waals surface area contributed by atoms with Gasteiger partial charge in [-0.15, -0.1) is 35.1 Å². The Morgan fingerprint density at radius 2 is 0.706 bits per heavy atom. The molecule has 0 spiro atoms. The van der Waals surface area contributed by atoms with E-state index in [4.69, 9.17) is 42.6 Å². The molecule has 1 aliphatic heterocycles. The summed E-state index contributed by atoms with van der Waals surface area (Å²) < 4.78 is 272. The van der Waals surface area contributed by atoms with E-state index in [9.17, 15) is 145 Å². The summed E-state index contributed by atoms with van der Waals surface area (Å²) in [6.45, 7) is 1.16. The summed E-state index contributed by atoms with van der Waals surface area (Å²) in [5, 5.41) is 9.47. The second kappa shape index (κ2) is 66.4. The third-order valence-electron chi connectivity index (χ3n) is 12.0. The normalized spacial score (nSPS) is 13.7. The lowest BCUT2D eigenvalue weighted by molar-refractivity contribution is -0.238. The largest absolute Gasteiger partial charge is 0.559 e. The highest BCUT2D eigenvalue weighted by molar-refractivity contribution is 9.09. The van der Waals surface area contributed by atoms with E-state index in [-0.39, 0.29) is 36.1 Å². The molecule has 45 heteroatoms. The summed E-state index contributed by atoms with van der Waals surface area (Å²) in [4.78, 5) is 108. The minimum Gasteiger partial charge on any atom is -0.465 e. The van der Waals surface area contributed by atoms with E-state index >= 15 is 0 Å². The van der Waals surface area contributed by atoms with Gasteiger partial charge in [0.2, 0.25) is 41.6 Å². The summed E-state index contributed by atoms with van der Waals surface area (Å²) in [6, 6.07) is 19.2. The Labute approximate surface area is 630 Å². The molecule has 1 heterocycles. The number of cyclic esters (lactones) is 2. The quantitative estimate of drug-likeness (QED) is 0.0343. The van der Waals surface area contributed by atoms with Crippen LogP contribution in [0.2, 0.25) is 0 Å². The Kier molecular flexibility index (Phi) is 71.6. The minimum absolute atomic E-state index is 0.0185. The maximum atomic E-state index is 13.0. The molecule has 0 aromatic heterocycles. The SMILES string of the molecule is CC(C)(CC(Br)c1ccccc1)C(=O)OCC(C)(CO)C(=O)OCCF.CCOC(=O)C(C)(COC(C)=O)COC(=O)OCC(C)(COC(=O)C(C)(C)CC(Br)c1ccccc1)C(=O)OCCF.CCOC(=O)C1(C)COC(=O)OC1.FC(F)(F)F.FC(F)(F)F.FCF.FCF.FCF.FCF.FCF.FCF. The number of esters is 7. The smallest absolute Gasteiger partial charge is 0.465 e. The van der Waals surface area contributed by atoms with E-state index in [1.165, 1.54) is 20.8 Å². The van der Waals surface area contributed by atoms with Crippen LogP contribution in [0.1, 0.15) is 110 Å².